The molecule has 1 amide bonds. The molecule has 0 atom stereocenters. The largest absolute Gasteiger partial charge is 0.444 e. The van der Waals surface area contributed by atoms with E-state index in [0.717, 1.165) is 36.0 Å². The molecule has 0 spiro atoms. The van der Waals surface area contributed by atoms with Crippen LogP contribution in [0.3, 0.4) is 0 Å². The minimum Gasteiger partial charge on any atom is -0.444 e. The Morgan fingerprint density at radius 3 is 2.65 bits per heavy atom. The molecule has 0 radical (unpaired) electrons. The maximum absolute atomic E-state index is 11.5. The number of hydrogen-bond donors (Lipinski definition) is 2. The standard InChI is InChI=1S/C18H25N3O2/c1-18(2,3)23-17(22)21-12-7-6-11-19-16-10-13-20-15-9-5-4-8-14(15)16/h4-5,8-10,13H,6-7,11-12H2,1-3H3,(H,19,20)(H,21,22). The van der Waals surface area contributed by atoms with Gasteiger partial charge >= 0.3 is 6.09 Å². The molecule has 124 valence electrons. The van der Waals surface area contributed by atoms with E-state index >= 15 is 0 Å². The highest BCUT2D eigenvalue weighted by molar-refractivity contribution is 5.90. The zero-order valence-electron chi connectivity index (χ0n) is 14.1. The van der Waals surface area contributed by atoms with Crippen LogP contribution in [0.2, 0.25) is 0 Å². The van der Waals surface area contributed by atoms with E-state index in [4.69, 9.17) is 4.74 Å². The van der Waals surface area contributed by atoms with E-state index in [0.29, 0.717) is 6.54 Å². The first-order valence-electron chi connectivity index (χ1n) is 8.00. The smallest absolute Gasteiger partial charge is 0.407 e. The summed E-state index contributed by atoms with van der Waals surface area (Å²) in [6, 6.07) is 10.1. The van der Waals surface area contributed by atoms with E-state index < -0.39 is 5.60 Å². The molecule has 0 aliphatic rings. The Labute approximate surface area is 137 Å². The normalized spacial score (nSPS) is 11.3. The topological polar surface area (TPSA) is 63.2 Å². The van der Waals surface area contributed by atoms with Gasteiger partial charge in [0, 0.05) is 30.4 Å². The van der Waals surface area contributed by atoms with Crippen molar-refractivity contribution >= 4 is 22.7 Å². The lowest BCUT2D eigenvalue weighted by Gasteiger charge is -2.19. The summed E-state index contributed by atoms with van der Waals surface area (Å²) in [5.41, 5.74) is 1.63. The van der Waals surface area contributed by atoms with E-state index in [2.05, 4.69) is 21.7 Å². The average molecular weight is 315 g/mol. The van der Waals surface area contributed by atoms with Gasteiger partial charge in [0.2, 0.25) is 0 Å². The van der Waals surface area contributed by atoms with Gasteiger partial charge in [0.25, 0.3) is 0 Å². The van der Waals surface area contributed by atoms with Gasteiger partial charge in [0.05, 0.1) is 5.52 Å². The molecule has 0 fully saturated rings. The van der Waals surface area contributed by atoms with Crippen molar-refractivity contribution in [1.29, 1.82) is 0 Å². The molecule has 0 unspecified atom stereocenters. The number of amides is 1. The monoisotopic (exact) mass is 315 g/mol. The summed E-state index contributed by atoms with van der Waals surface area (Å²) in [6.45, 7) is 7.04. The number of para-hydroxylation sites is 1. The van der Waals surface area contributed by atoms with Gasteiger partial charge in [0.1, 0.15) is 5.60 Å². The number of nitrogens with zero attached hydrogens (tertiary/aromatic N) is 1. The molecule has 0 saturated heterocycles. The molecule has 0 aliphatic heterocycles. The summed E-state index contributed by atoms with van der Waals surface area (Å²) < 4.78 is 5.19. The third-order valence-corrected chi connectivity index (χ3v) is 3.24. The van der Waals surface area contributed by atoms with Crippen molar-refractivity contribution in [3.63, 3.8) is 0 Å². The summed E-state index contributed by atoms with van der Waals surface area (Å²) in [4.78, 5) is 15.9. The first-order valence-corrected chi connectivity index (χ1v) is 8.00. The quantitative estimate of drug-likeness (QED) is 0.792. The lowest BCUT2D eigenvalue weighted by molar-refractivity contribution is 0.0527. The van der Waals surface area contributed by atoms with Gasteiger partial charge in [-0.2, -0.15) is 0 Å². The van der Waals surface area contributed by atoms with Crippen molar-refractivity contribution in [2.24, 2.45) is 0 Å². The van der Waals surface area contributed by atoms with Crippen LogP contribution in [-0.4, -0.2) is 29.8 Å². The van der Waals surface area contributed by atoms with Crippen molar-refractivity contribution in [2.75, 3.05) is 18.4 Å². The first-order chi connectivity index (χ1) is 11.0. The van der Waals surface area contributed by atoms with Crippen LogP contribution in [0.25, 0.3) is 10.9 Å². The number of anilines is 1. The van der Waals surface area contributed by atoms with Gasteiger partial charge in [-0.25, -0.2) is 4.79 Å². The molecule has 2 aromatic rings. The Bertz CT molecular complexity index is 645. The fourth-order valence-electron chi connectivity index (χ4n) is 2.23. The van der Waals surface area contributed by atoms with E-state index in [1.54, 1.807) is 0 Å². The molecule has 23 heavy (non-hydrogen) atoms. The van der Waals surface area contributed by atoms with Gasteiger partial charge < -0.3 is 15.4 Å². The number of aromatic nitrogens is 1. The highest BCUT2D eigenvalue weighted by Crippen LogP contribution is 2.20. The lowest BCUT2D eigenvalue weighted by atomic mass is 10.2. The number of unbranched alkanes of at least 4 members (excludes halogenated alkanes) is 1. The van der Waals surface area contributed by atoms with E-state index in [-0.39, 0.29) is 6.09 Å². The SMILES string of the molecule is CC(C)(C)OC(=O)NCCCCNc1ccnc2ccccc12. The maximum atomic E-state index is 11.5. The minimum absolute atomic E-state index is 0.356. The summed E-state index contributed by atoms with van der Waals surface area (Å²) in [5, 5.41) is 7.33. The van der Waals surface area contributed by atoms with Crippen molar-refractivity contribution in [1.82, 2.24) is 10.3 Å². The second kappa shape index (κ2) is 7.81. The summed E-state index contributed by atoms with van der Waals surface area (Å²) in [6.07, 6.45) is 3.32. The van der Waals surface area contributed by atoms with Crippen LogP contribution in [0.15, 0.2) is 36.5 Å². The van der Waals surface area contributed by atoms with Crippen LogP contribution in [0.1, 0.15) is 33.6 Å². The van der Waals surface area contributed by atoms with Gasteiger partial charge in [-0.1, -0.05) is 18.2 Å². The van der Waals surface area contributed by atoms with Crippen LogP contribution in [0, 0.1) is 0 Å². The number of carbonyl (C=O) groups excluding carboxylic acids is 1. The molecule has 2 rings (SSSR count). The molecule has 0 bridgehead atoms. The van der Waals surface area contributed by atoms with Gasteiger partial charge in [-0.15, -0.1) is 0 Å². The molecular weight excluding hydrogens is 290 g/mol. The Morgan fingerprint density at radius 1 is 1.13 bits per heavy atom. The van der Waals surface area contributed by atoms with Crippen molar-refractivity contribution in [3.05, 3.63) is 36.5 Å². The Morgan fingerprint density at radius 2 is 1.87 bits per heavy atom. The predicted molar refractivity (Wildman–Crippen MR) is 93.7 cm³/mol. The molecule has 1 aromatic carbocycles. The zero-order valence-corrected chi connectivity index (χ0v) is 14.1. The number of nitrogens with one attached hydrogen (secondary N) is 2. The summed E-state index contributed by atoms with van der Waals surface area (Å²) in [7, 11) is 0. The van der Waals surface area contributed by atoms with Crippen LogP contribution >= 0.6 is 0 Å². The second-order valence-corrected chi connectivity index (χ2v) is 6.44. The van der Waals surface area contributed by atoms with E-state index in [1.165, 1.54) is 0 Å². The number of alkyl carbamates (subject to hydrolysis) is 1. The van der Waals surface area contributed by atoms with Gasteiger partial charge in [-0.3, -0.25) is 4.98 Å². The van der Waals surface area contributed by atoms with Crippen molar-refractivity contribution in [3.8, 4) is 0 Å². The van der Waals surface area contributed by atoms with E-state index in [9.17, 15) is 4.79 Å². The van der Waals surface area contributed by atoms with E-state index in [1.807, 2.05) is 51.2 Å². The molecular formula is C18H25N3O2. The van der Waals surface area contributed by atoms with Crippen LogP contribution in [-0.2, 0) is 4.74 Å². The number of hydrogen-bond acceptors (Lipinski definition) is 4. The van der Waals surface area contributed by atoms with Crippen LogP contribution < -0.4 is 10.6 Å². The Hall–Kier alpha value is -2.30. The summed E-state index contributed by atoms with van der Waals surface area (Å²) in [5.74, 6) is 0. The number of rotatable bonds is 6. The van der Waals surface area contributed by atoms with Crippen LogP contribution in [0.5, 0.6) is 0 Å². The molecule has 5 heteroatoms. The molecule has 1 heterocycles. The lowest BCUT2D eigenvalue weighted by Crippen LogP contribution is -2.33. The molecule has 2 N–H and O–H groups in total. The first kappa shape index (κ1) is 17.1. The molecule has 0 aliphatic carbocycles. The van der Waals surface area contributed by atoms with Gasteiger partial charge in [-0.05, 0) is 45.7 Å². The minimum atomic E-state index is -0.450. The van der Waals surface area contributed by atoms with Crippen LogP contribution in [0.4, 0.5) is 10.5 Å². The number of pyridine rings is 1. The van der Waals surface area contributed by atoms with Crippen molar-refractivity contribution < 1.29 is 9.53 Å². The van der Waals surface area contributed by atoms with Gasteiger partial charge in [0.15, 0.2) is 0 Å². The predicted octanol–water partition coefficient (Wildman–Crippen LogP) is 3.95. The maximum Gasteiger partial charge on any atom is 0.407 e. The Kier molecular flexibility index (Phi) is 5.79. The summed E-state index contributed by atoms with van der Waals surface area (Å²) >= 11 is 0. The number of benzene rings is 1. The highest BCUT2D eigenvalue weighted by Gasteiger charge is 2.15. The third kappa shape index (κ3) is 5.77. The molecule has 1 aromatic heterocycles. The fraction of sp³-hybridized carbons (Fsp3) is 0.444. The molecule has 0 saturated carbocycles. The zero-order chi connectivity index (χ0) is 16.7. The van der Waals surface area contributed by atoms with Crippen molar-refractivity contribution in [2.45, 2.75) is 39.2 Å². The molecule has 5 nitrogen and oxygen atoms in total. The third-order valence-electron chi connectivity index (χ3n) is 3.24. The number of carbonyl (C=O) groups is 1. The average Bonchev–Trinajstić information content (AvgIpc) is 2.49. The second-order valence-electron chi connectivity index (χ2n) is 6.44. The highest BCUT2D eigenvalue weighted by atomic mass is 16.6. The number of fused-ring (bicyclic) bond motifs is 1. The Balaban J connectivity index is 1.69. The number of ether oxygens (including phenoxy) is 1. The fourth-order valence-corrected chi connectivity index (χ4v) is 2.23.